The second kappa shape index (κ2) is 6.21. The number of carbonyl (C=O) groups excluding carboxylic acids is 1. The number of ether oxygens (including phenoxy) is 1. The fourth-order valence-corrected chi connectivity index (χ4v) is 2.52. The Morgan fingerprint density at radius 1 is 1.29 bits per heavy atom. The minimum atomic E-state index is -0.242. The Hall–Kier alpha value is -0.810. The summed E-state index contributed by atoms with van der Waals surface area (Å²) in [5.41, 5.74) is 0. The molecule has 2 N–H and O–H groups in total. The standard InChI is InChI=1S/C12H22N2O3/c15-11-4-2-1-3-10(11)9-13-12(16)14-5-7-17-8-6-14/h10-11,15H,1-9H2,(H,13,16). The van der Waals surface area contributed by atoms with Crippen LogP contribution in [0.4, 0.5) is 4.79 Å². The highest BCUT2D eigenvalue weighted by Crippen LogP contribution is 2.23. The van der Waals surface area contributed by atoms with Gasteiger partial charge in [-0.3, -0.25) is 0 Å². The number of nitrogens with one attached hydrogen (secondary N) is 1. The average Bonchev–Trinajstić information content (AvgIpc) is 2.38. The van der Waals surface area contributed by atoms with Crippen LogP contribution in [0.15, 0.2) is 0 Å². The van der Waals surface area contributed by atoms with Gasteiger partial charge in [0.15, 0.2) is 0 Å². The number of amides is 2. The maximum Gasteiger partial charge on any atom is 0.317 e. The first kappa shape index (κ1) is 12.6. The number of hydrogen-bond donors (Lipinski definition) is 2. The van der Waals surface area contributed by atoms with E-state index in [1.165, 1.54) is 0 Å². The van der Waals surface area contributed by atoms with Crippen molar-refractivity contribution >= 4 is 6.03 Å². The molecule has 1 saturated carbocycles. The van der Waals surface area contributed by atoms with Gasteiger partial charge in [0.1, 0.15) is 0 Å². The molecule has 5 nitrogen and oxygen atoms in total. The highest BCUT2D eigenvalue weighted by atomic mass is 16.5. The molecule has 2 aliphatic rings. The Bertz CT molecular complexity index is 254. The summed E-state index contributed by atoms with van der Waals surface area (Å²) < 4.78 is 5.20. The van der Waals surface area contributed by atoms with E-state index in [1.807, 2.05) is 0 Å². The highest BCUT2D eigenvalue weighted by Gasteiger charge is 2.24. The Morgan fingerprint density at radius 2 is 2.00 bits per heavy atom. The van der Waals surface area contributed by atoms with Crippen molar-refractivity contribution in [1.29, 1.82) is 0 Å². The summed E-state index contributed by atoms with van der Waals surface area (Å²) >= 11 is 0. The first-order valence-corrected chi connectivity index (χ1v) is 6.56. The van der Waals surface area contributed by atoms with Crippen LogP contribution < -0.4 is 5.32 Å². The zero-order valence-corrected chi connectivity index (χ0v) is 10.2. The highest BCUT2D eigenvalue weighted by molar-refractivity contribution is 5.74. The van der Waals surface area contributed by atoms with Gasteiger partial charge in [-0.1, -0.05) is 12.8 Å². The van der Waals surface area contributed by atoms with Gasteiger partial charge in [0.25, 0.3) is 0 Å². The van der Waals surface area contributed by atoms with Crippen LogP contribution in [0, 0.1) is 5.92 Å². The third-order valence-corrected chi connectivity index (χ3v) is 3.68. The van der Waals surface area contributed by atoms with Crippen LogP contribution in [0.2, 0.25) is 0 Å². The van der Waals surface area contributed by atoms with Gasteiger partial charge in [-0.15, -0.1) is 0 Å². The molecular weight excluding hydrogens is 220 g/mol. The normalized spacial score (nSPS) is 30.1. The van der Waals surface area contributed by atoms with Crippen molar-refractivity contribution in [1.82, 2.24) is 10.2 Å². The van der Waals surface area contributed by atoms with Crippen LogP contribution in [0.3, 0.4) is 0 Å². The van der Waals surface area contributed by atoms with E-state index in [9.17, 15) is 9.90 Å². The van der Waals surface area contributed by atoms with Gasteiger partial charge in [-0.25, -0.2) is 4.79 Å². The quantitative estimate of drug-likeness (QED) is 0.744. The zero-order chi connectivity index (χ0) is 12.1. The monoisotopic (exact) mass is 242 g/mol. The van der Waals surface area contributed by atoms with Gasteiger partial charge < -0.3 is 20.1 Å². The van der Waals surface area contributed by atoms with Crippen molar-refractivity contribution in [2.24, 2.45) is 5.92 Å². The molecule has 98 valence electrons. The molecule has 2 rings (SSSR count). The van der Waals surface area contributed by atoms with E-state index >= 15 is 0 Å². The van der Waals surface area contributed by atoms with Crippen molar-refractivity contribution in [3.8, 4) is 0 Å². The van der Waals surface area contributed by atoms with Gasteiger partial charge in [-0.2, -0.15) is 0 Å². The number of aliphatic hydroxyl groups excluding tert-OH is 1. The van der Waals surface area contributed by atoms with E-state index in [2.05, 4.69) is 5.32 Å². The number of rotatable bonds is 2. The van der Waals surface area contributed by atoms with Gasteiger partial charge in [0.05, 0.1) is 19.3 Å². The molecular formula is C12H22N2O3. The summed E-state index contributed by atoms with van der Waals surface area (Å²) in [6.07, 6.45) is 3.92. The number of urea groups is 1. The van der Waals surface area contributed by atoms with Crippen molar-refractivity contribution in [3.63, 3.8) is 0 Å². The topological polar surface area (TPSA) is 61.8 Å². The molecule has 2 fully saturated rings. The van der Waals surface area contributed by atoms with Gasteiger partial charge in [0, 0.05) is 25.6 Å². The van der Waals surface area contributed by atoms with Gasteiger partial charge in [0.2, 0.25) is 0 Å². The minimum absolute atomic E-state index is 0.0222. The first-order valence-electron chi connectivity index (χ1n) is 6.56. The molecule has 5 heteroatoms. The molecule has 17 heavy (non-hydrogen) atoms. The van der Waals surface area contributed by atoms with E-state index in [1.54, 1.807) is 4.90 Å². The molecule has 0 spiro atoms. The van der Waals surface area contributed by atoms with Crippen molar-refractivity contribution in [3.05, 3.63) is 0 Å². The second-order valence-corrected chi connectivity index (χ2v) is 4.90. The van der Waals surface area contributed by atoms with Crippen molar-refractivity contribution in [2.45, 2.75) is 31.8 Å². The summed E-state index contributed by atoms with van der Waals surface area (Å²) in [6.45, 7) is 3.18. The number of nitrogens with zero attached hydrogens (tertiary/aromatic N) is 1. The third-order valence-electron chi connectivity index (χ3n) is 3.68. The molecule has 2 amide bonds. The van der Waals surface area contributed by atoms with Crippen molar-refractivity contribution < 1.29 is 14.6 Å². The lowest BCUT2D eigenvalue weighted by Gasteiger charge is -2.30. The van der Waals surface area contributed by atoms with Crippen LogP contribution in [0.5, 0.6) is 0 Å². The third kappa shape index (κ3) is 3.57. The van der Waals surface area contributed by atoms with Gasteiger partial charge >= 0.3 is 6.03 Å². The number of aliphatic hydroxyl groups is 1. The molecule has 0 aromatic heterocycles. The summed E-state index contributed by atoms with van der Waals surface area (Å²) in [5.74, 6) is 0.230. The Morgan fingerprint density at radius 3 is 2.71 bits per heavy atom. The Labute approximate surface area is 102 Å². The number of morpholine rings is 1. The lowest BCUT2D eigenvalue weighted by Crippen LogP contribution is -2.48. The van der Waals surface area contributed by atoms with E-state index in [0.29, 0.717) is 32.8 Å². The lowest BCUT2D eigenvalue weighted by molar-refractivity contribution is 0.0492. The molecule has 1 aliphatic carbocycles. The molecule has 2 atom stereocenters. The van der Waals surface area contributed by atoms with Crippen molar-refractivity contribution in [2.75, 3.05) is 32.8 Å². The van der Waals surface area contributed by atoms with Crippen LogP contribution in [-0.2, 0) is 4.74 Å². The summed E-state index contributed by atoms with van der Waals surface area (Å²) in [4.78, 5) is 13.6. The van der Waals surface area contributed by atoms with E-state index in [4.69, 9.17) is 4.74 Å². The molecule has 0 aromatic rings. The zero-order valence-electron chi connectivity index (χ0n) is 10.2. The van der Waals surface area contributed by atoms with E-state index in [-0.39, 0.29) is 18.1 Å². The maximum atomic E-state index is 11.8. The minimum Gasteiger partial charge on any atom is -0.393 e. The summed E-state index contributed by atoms with van der Waals surface area (Å²) in [6, 6.07) is -0.0222. The van der Waals surface area contributed by atoms with E-state index in [0.717, 1.165) is 25.7 Å². The fraction of sp³-hybridized carbons (Fsp3) is 0.917. The van der Waals surface area contributed by atoms with Gasteiger partial charge in [-0.05, 0) is 12.8 Å². The fourth-order valence-electron chi connectivity index (χ4n) is 2.52. The lowest BCUT2D eigenvalue weighted by atomic mass is 9.86. The molecule has 1 aliphatic heterocycles. The molecule has 2 unspecified atom stereocenters. The number of carbonyl (C=O) groups is 1. The predicted octanol–water partition coefficient (Wildman–Crippen LogP) is 0.579. The average molecular weight is 242 g/mol. The predicted molar refractivity (Wildman–Crippen MR) is 63.8 cm³/mol. The molecule has 0 aromatic carbocycles. The number of hydrogen-bond acceptors (Lipinski definition) is 3. The SMILES string of the molecule is O=C(NCC1CCCCC1O)N1CCOCC1. The van der Waals surface area contributed by atoms with Crippen LogP contribution >= 0.6 is 0 Å². The molecule has 0 radical (unpaired) electrons. The van der Waals surface area contributed by atoms with Crippen LogP contribution in [0.25, 0.3) is 0 Å². The summed E-state index contributed by atoms with van der Waals surface area (Å²) in [7, 11) is 0. The van der Waals surface area contributed by atoms with E-state index < -0.39 is 0 Å². The molecule has 1 saturated heterocycles. The molecule has 1 heterocycles. The Kier molecular flexibility index (Phi) is 4.62. The van der Waals surface area contributed by atoms with Crippen LogP contribution in [0.1, 0.15) is 25.7 Å². The van der Waals surface area contributed by atoms with Crippen LogP contribution in [-0.4, -0.2) is 55.0 Å². The Balaban J connectivity index is 1.71. The summed E-state index contributed by atoms with van der Waals surface area (Å²) in [5, 5.41) is 12.7. The maximum absolute atomic E-state index is 11.8. The molecule has 0 bridgehead atoms. The smallest absolute Gasteiger partial charge is 0.317 e. The first-order chi connectivity index (χ1) is 8.27. The largest absolute Gasteiger partial charge is 0.393 e. The second-order valence-electron chi connectivity index (χ2n) is 4.90.